The molecule has 7 nitrogen and oxygen atoms in total. The first-order chi connectivity index (χ1) is 14.5. The van der Waals surface area contributed by atoms with Gasteiger partial charge >= 0.3 is 0 Å². The monoisotopic (exact) mass is 448 g/mol. The number of benzene rings is 2. The van der Waals surface area contributed by atoms with Gasteiger partial charge in [-0.05, 0) is 49.1 Å². The zero-order valence-corrected chi connectivity index (χ0v) is 19.8. The van der Waals surface area contributed by atoms with Gasteiger partial charge in [0.25, 0.3) is 5.91 Å². The minimum absolute atomic E-state index is 0.0164. The lowest BCUT2D eigenvalue weighted by Crippen LogP contribution is -2.31. The third kappa shape index (κ3) is 6.70. The van der Waals surface area contributed by atoms with Crippen LogP contribution in [0.15, 0.2) is 47.4 Å². The minimum Gasteiger partial charge on any atom is -0.496 e. The predicted molar refractivity (Wildman–Crippen MR) is 121 cm³/mol. The number of methoxy groups -OCH3 is 1. The molecule has 0 bridgehead atoms. The number of carbonyl (C=O) groups excluding carboxylic acids is 1. The summed E-state index contributed by atoms with van der Waals surface area (Å²) in [4.78, 5) is 12.4. The third-order valence-electron chi connectivity index (χ3n) is 4.49. The summed E-state index contributed by atoms with van der Waals surface area (Å²) in [6.45, 7) is 10.2. The fourth-order valence-electron chi connectivity index (χ4n) is 3.00. The minimum atomic E-state index is -3.83. The number of hydrogen-bond acceptors (Lipinski definition) is 5. The molecule has 2 aromatic rings. The number of amides is 1. The van der Waals surface area contributed by atoms with E-state index in [0.717, 1.165) is 11.3 Å². The van der Waals surface area contributed by atoms with Crippen LogP contribution in [-0.2, 0) is 15.4 Å². The van der Waals surface area contributed by atoms with Crippen LogP contribution >= 0.6 is 0 Å². The van der Waals surface area contributed by atoms with Crippen LogP contribution < -0.4 is 19.5 Å². The van der Waals surface area contributed by atoms with E-state index in [1.165, 1.54) is 25.3 Å². The van der Waals surface area contributed by atoms with Gasteiger partial charge in [0.1, 0.15) is 18.1 Å². The second-order valence-corrected chi connectivity index (χ2v) is 10.2. The average Bonchev–Trinajstić information content (AvgIpc) is 2.69. The lowest BCUT2D eigenvalue weighted by molar-refractivity contribution is 0.0940. The standard InChI is InChI=1S/C23H32N2O5S/c1-16(2)25-22(26)18-15-17(11-12-20(18)29-6)31(27,28)24-13-14-30-21-10-8-7-9-19(21)23(3,4)5/h7-12,15-16,24H,13-14H2,1-6H3,(H,25,26). The van der Waals surface area contributed by atoms with E-state index in [1.54, 1.807) is 0 Å². The summed E-state index contributed by atoms with van der Waals surface area (Å²) in [6.07, 6.45) is 0. The molecule has 8 heteroatoms. The molecular weight excluding hydrogens is 416 g/mol. The van der Waals surface area contributed by atoms with Crippen LogP contribution in [0.5, 0.6) is 11.5 Å². The Hall–Kier alpha value is -2.58. The summed E-state index contributed by atoms with van der Waals surface area (Å²) in [7, 11) is -2.40. The number of sulfonamides is 1. The summed E-state index contributed by atoms with van der Waals surface area (Å²) in [5, 5.41) is 2.75. The molecule has 0 unspecified atom stereocenters. The molecule has 0 aromatic heterocycles. The highest BCUT2D eigenvalue weighted by Crippen LogP contribution is 2.30. The van der Waals surface area contributed by atoms with Crippen molar-refractivity contribution in [2.45, 2.75) is 51.0 Å². The fourth-order valence-corrected chi connectivity index (χ4v) is 4.04. The Labute approximate surface area is 185 Å². The zero-order valence-electron chi connectivity index (χ0n) is 19.0. The van der Waals surface area contributed by atoms with Crippen molar-refractivity contribution in [2.75, 3.05) is 20.3 Å². The Morgan fingerprint density at radius 1 is 1.06 bits per heavy atom. The van der Waals surface area contributed by atoms with Crippen LogP contribution in [0, 0.1) is 0 Å². The molecule has 0 radical (unpaired) electrons. The first kappa shape index (κ1) is 24.7. The van der Waals surface area contributed by atoms with Crippen molar-refractivity contribution < 1.29 is 22.7 Å². The van der Waals surface area contributed by atoms with Gasteiger partial charge in [0, 0.05) is 12.6 Å². The van der Waals surface area contributed by atoms with E-state index in [2.05, 4.69) is 30.8 Å². The summed E-state index contributed by atoms with van der Waals surface area (Å²) in [5.41, 5.74) is 1.12. The molecule has 0 spiro atoms. The molecule has 31 heavy (non-hydrogen) atoms. The number of carbonyl (C=O) groups is 1. The highest BCUT2D eigenvalue weighted by molar-refractivity contribution is 7.89. The van der Waals surface area contributed by atoms with Crippen LogP contribution in [-0.4, -0.2) is 40.6 Å². The molecule has 0 fully saturated rings. The molecule has 170 valence electrons. The maximum absolute atomic E-state index is 12.7. The van der Waals surface area contributed by atoms with E-state index in [4.69, 9.17) is 9.47 Å². The van der Waals surface area contributed by atoms with Gasteiger partial charge in [-0.3, -0.25) is 4.79 Å². The Morgan fingerprint density at radius 2 is 1.74 bits per heavy atom. The van der Waals surface area contributed by atoms with E-state index in [0.29, 0.717) is 5.75 Å². The summed E-state index contributed by atoms with van der Waals surface area (Å²) < 4.78 is 39.0. The highest BCUT2D eigenvalue weighted by Gasteiger charge is 2.21. The molecule has 0 aliphatic rings. The predicted octanol–water partition coefficient (Wildman–Crippen LogP) is 3.49. The average molecular weight is 449 g/mol. The van der Waals surface area contributed by atoms with Gasteiger partial charge in [-0.25, -0.2) is 13.1 Å². The first-order valence-electron chi connectivity index (χ1n) is 10.2. The SMILES string of the molecule is COc1ccc(S(=O)(=O)NCCOc2ccccc2C(C)(C)C)cc1C(=O)NC(C)C. The summed E-state index contributed by atoms with van der Waals surface area (Å²) >= 11 is 0. The molecule has 0 atom stereocenters. The second kappa shape index (κ2) is 10.2. The van der Waals surface area contributed by atoms with Crippen LogP contribution in [0.25, 0.3) is 0 Å². The molecule has 1 amide bonds. The molecule has 0 saturated heterocycles. The van der Waals surface area contributed by atoms with E-state index < -0.39 is 15.9 Å². The van der Waals surface area contributed by atoms with Crippen LogP contribution in [0.1, 0.15) is 50.5 Å². The molecule has 2 aromatic carbocycles. The van der Waals surface area contributed by atoms with E-state index >= 15 is 0 Å². The molecule has 2 rings (SSSR count). The number of rotatable bonds is 9. The zero-order chi connectivity index (χ0) is 23.2. The van der Waals surface area contributed by atoms with Gasteiger partial charge in [-0.15, -0.1) is 0 Å². The summed E-state index contributed by atoms with van der Waals surface area (Å²) in [5.74, 6) is 0.636. The normalized spacial score (nSPS) is 12.0. The topological polar surface area (TPSA) is 93.7 Å². The quantitative estimate of drug-likeness (QED) is 0.573. The van der Waals surface area contributed by atoms with Crippen LogP contribution in [0.4, 0.5) is 0 Å². The van der Waals surface area contributed by atoms with Gasteiger partial charge in [0.05, 0.1) is 17.6 Å². The van der Waals surface area contributed by atoms with Gasteiger partial charge in [-0.2, -0.15) is 0 Å². The molecule has 2 N–H and O–H groups in total. The van der Waals surface area contributed by atoms with Crippen molar-refractivity contribution in [3.05, 3.63) is 53.6 Å². The molecule has 0 heterocycles. The van der Waals surface area contributed by atoms with Crippen molar-refractivity contribution >= 4 is 15.9 Å². The van der Waals surface area contributed by atoms with Crippen molar-refractivity contribution in [1.29, 1.82) is 0 Å². The lowest BCUT2D eigenvalue weighted by Gasteiger charge is -2.22. The van der Waals surface area contributed by atoms with Crippen LogP contribution in [0.2, 0.25) is 0 Å². The Morgan fingerprint density at radius 3 is 2.35 bits per heavy atom. The van der Waals surface area contributed by atoms with Gasteiger partial charge < -0.3 is 14.8 Å². The summed E-state index contributed by atoms with van der Waals surface area (Å²) in [6, 6.07) is 11.8. The van der Waals surface area contributed by atoms with Crippen LogP contribution in [0.3, 0.4) is 0 Å². The number of hydrogen-bond donors (Lipinski definition) is 2. The van der Waals surface area contributed by atoms with Crippen molar-refractivity contribution in [2.24, 2.45) is 0 Å². The molecule has 0 aliphatic carbocycles. The van der Waals surface area contributed by atoms with Crippen molar-refractivity contribution in [3.63, 3.8) is 0 Å². The number of nitrogens with one attached hydrogen (secondary N) is 2. The smallest absolute Gasteiger partial charge is 0.255 e. The number of para-hydroxylation sites is 1. The molecule has 0 saturated carbocycles. The Kier molecular flexibility index (Phi) is 8.08. The third-order valence-corrected chi connectivity index (χ3v) is 5.95. The maximum Gasteiger partial charge on any atom is 0.255 e. The van der Waals surface area contributed by atoms with E-state index in [1.807, 2.05) is 38.1 Å². The Bertz CT molecular complexity index is 1010. The van der Waals surface area contributed by atoms with E-state index in [9.17, 15) is 13.2 Å². The van der Waals surface area contributed by atoms with Gasteiger partial charge in [0.15, 0.2) is 0 Å². The molecular formula is C23H32N2O5S. The second-order valence-electron chi connectivity index (χ2n) is 8.48. The maximum atomic E-state index is 12.7. The highest BCUT2D eigenvalue weighted by atomic mass is 32.2. The first-order valence-corrected chi connectivity index (χ1v) is 11.6. The van der Waals surface area contributed by atoms with Gasteiger partial charge in [0.2, 0.25) is 10.0 Å². The van der Waals surface area contributed by atoms with Crippen molar-refractivity contribution in [1.82, 2.24) is 10.0 Å². The lowest BCUT2D eigenvalue weighted by atomic mass is 9.86. The van der Waals surface area contributed by atoms with Gasteiger partial charge in [-0.1, -0.05) is 39.0 Å². The number of ether oxygens (including phenoxy) is 2. The molecule has 0 aliphatic heterocycles. The van der Waals surface area contributed by atoms with Crippen molar-refractivity contribution in [3.8, 4) is 11.5 Å². The largest absolute Gasteiger partial charge is 0.496 e. The van der Waals surface area contributed by atoms with E-state index in [-0.39, 0.29) is 35.1 Å². The Balaban J connectivity index is 2.09. The fraction of sp³-hybridized carbons (Fsp3) is 0.435.